The van der Waals surface area contributed by atoms with Crippen LogP contribution in [0.15, 0.2) is 84.4 Å². The highest BCUT2D eigenvalue weighted by molar-refractivity contribution is 7.17. The molecule has 3 aromatic carbocycles. The molecule has 0 saturated carbocycles. The normalized spacial score (nSPS) is 12.0. The lowest BCUT2D eigenvalue weighted by Crippen LogP contribution is -2.12. The van der Waals surface area contributed by atoms with Gasteiger partial charge in [0.15, 0.2) is 0 Å². The molecule has 0 aliphatic heterocycles. The van der Waals surface area contributed by atoms with Gasteiger partial charge in [-0.15, -0.1) is 11.3 Å². The summed E-state index contributed by atoms with van der Waals surface area (Å²) in [7, 11) is 0. The molecule has 5 rings (SSSR count). The summed E-state index contributed by atoms with van der Waals surface area (Å²) in [6, 6.07) is 26.2. The molecule has 0 aliphatic carbocycles. The smallest absolute Gasteiger partial charge is 0.0708 e. The van der Waals surface area contributed by atoms with Crippen LogP contribution in [-0.4, -0.2) is 4.98 Å². The van der Waals surface area contributed by atoms with E-state index in [9.17, 15) is 0 Å². The fraction of sp³-hybridized carbons (Fsp3) is 0.148. The second-order valence-electron chi connectivity index (χ2n) is 8.57. The van der Waals surface area contributed by atoms with E-state index >= 15 is 0 Å². The van der Waals surface area contributed by atoms with Gasteiger partial charge >= 0.3 is 0 Å². The third-order valence-electron chi connectivity index (χ3n) is 5.52. The number of thiophene rings is 1. The highest BCUT2D eigenvalue weighted by Crippen LogP contribution is 2.37. The van der Waals surface area contributed by atoms with Crippen molar-refractivity contribution < 1.29 is 0 Å². The van der Waals surface area contributed by atoms with Gasteiger partial charge in [0.25, 0.3) is 0 Å². The first-order valence-corrected chi connectivity index (χ1v) is 10.8. The summed E-state index contributed by atoms with van der Waals surface area (Å²) in [4.78, 5) is 4.73. The molecule has 0 spiro atoms. The number of hydrogen-bond donors (Lipinski definition) is 0. The Kier molecular flexibility index (Phi) is 4.25. The summed E-state index contributed by atoms with van der Waals surface area (Å²) in [5.74, 6) is 0. The summed E-state index contributed by atoms with van der Waals surface area (Å²) in [6.45, 7) is 6.83. The van der Waals surface area contributed by atoms with Crippen LogP contribution in [0.3, 0.4) is 0 Å². The number of benzene rings is 3. The van der Waals surface area contributed by atoms with E-state index in [0.717, 1.165) is 5.69 Å². The zero-order valence-corrected chi connectivity index (χ0v) is 17.8. The molecule has 0 saturated heterocycles. The Balaban J connectivity index is 1.69. The van der Waals surface area contributed by atoms with Gasteiger partial charge in [0.1, 0.15) is 0 Å². The summed E-state index contributed by atoms with van der Waals surface area (Å²) in [5.41, 5.74) is 6.13. The lowest BCUT2D eigenvalue weighted by atomic mass is 9.82. The molecule has 0 radical (unpaired) electrons. The van der Waals surface area contributed by atoms with Gasteiger partial charge in [0, 0.05) is 27.4 Å². The minimum absolute atomic E-state index is 0.0663. The molecule has 2 heteroatoms. The number of fused-ring (bicyclic) bond motifs is 2. The monoisotopic (exact) mass is 393 g/mol. The van der Waals surface area contributed by atoms with E-state index in [1.807, 2.05) is 6.20 Å². The van der Waals surface area contributed by atoms with Crippen molar-refractivity contribution in [1.82, 2.24) is 4.98 Å². The third-order valence-corrected chi connectivity index (χ3v) is 6.48. The quantitative estimate of drug-likeness (QED) is 0.295. The first-order valence-electron chi connectivity index (χ1n) is 9.97. The molecular weight excluding hydrogens is 370 g/mol. The standard InChI is InChI=1S/C27H23NS/c1-27(2,3)24-15-20(14-18-8-4-5-9-21(18)24)25-16-19(12-13-28-25)23-17-29-26-11-7-6-10-22(23)26/h4-17H,1-3H3. The van der Waals surface area contributed by atoms with E-state index in [0.29, 0.717) is 0 Å². The van der Waals surface area contributed by atoms with Crippen LogP contribution in [0.5, 0.6) is 0 Å². The third kappa shape index (κ3) is 3.24. The van der Waals surface area contributed by atoms with Crippen molar-refractivity contribution >= 4 is 32.2 Å². The van der Waals surface area contributed by atoms with E-state index in [1.165, 1.54) is 43.1 Å². The van der Waals surface area contributed by atoms with E-state index in [1.54, 1.807) is 11.3 Å². The molecule has 0 fully saturated rings. The number of pyridine rings is 1. The second kappa shape index (κ2) is 6.82. The first kappa shape index (κ1) is 18.1. The van der Waals surface area contributed by atoms with Gasteiger partial charge in [-0.25, -0.2) is 0 Å². The summed E-state index contributed by atoms with van der Waals surface area (Å²) in [6.07, 6.45) is 1.93. The van der Waals surface area contributed by atoms with E-state index in [4.69, 9.17) is 4.98 Å². The minimum Gasteiger partial charge on any atom is -0.256 e. The van der Waals surface area contributed by atoms with Crippen molar-refractivity contribution in [3.8, 4) is 22.4 Å². The molecule has 0 unspecified atom stereocenters. The highest BCUT2D eigenvalue weighted by Gasteiger charge is 2.18. The highest BCUT2D eigenvalue weighted by atomic mass is 32.1. The summed E-state index contributed by atoms with van der Waals surface area (Å²) < 4.78 is 1.32. The Labute approximate surface area is 175 Å². The Morgan fingerprint density at radius 3 is 2.34 bits per heavy atom. The molecule has 1 nitrogen and oxygen atoms in total. The zero-order chi connectivity index (χ0) is 20.0. The van der Waals surface area contributed by atoms with Crippen LogP contribution in [0.25, 0.3) is 43.2 Å². The lowest BCUT2D eigenvalue weighted by Gasteiger charge is -2.22. The molecule has 142 valence electrons. The Hall–Kier alpha value is -2.97. The van der Waals surface area contributed by atoms with E-state index in [-0.39, 0.29) is 5.41 Å². The molecule has 2 aromatic heterocycles. The van der Waals surface area contributed by atoms with E-state index in [2.05, 4.69) is 98.9 Å². The molecule has 0 aliphatic rings. The van der Waals surface area contributed by atoms with Crippen molar-refractivity contribution in [2.45, 2.75) is 26.2 Å². The topological polar surface area (TPSA) is 12.9 Å². The molecule has 0 N–H and O–H groups in total. The summed E-state index contributed by atoms with van der Waals surface area (Å²) in [5, 5.41) is 6.15. The lowest BCUT2D eigenvalue weighted by molar-refractivity contribution is 0.596. The van der Waals surface area contributed by atoms with Gasteiger partial charge in [0.05, 0.1) is 5.69 Å². The zero-order valence-electron chi connectivity index (χ0n) is 16.9. The van der Waals surface area contributed by atoms with Gasteiger partial charge < -0.3 is 0 Å². The predicted octanol–water partition coefficient (Wildman–Crippen LogP) is 8.08. The van der Waals surface area contributed by atoms with Crippen LogP contribution in [-0.2, 0) is 5.41 Å². The van der Waals surface area contributed by atoms with Crippen LogP contribution in [0.4, 0.5) is 0 Å². The van der Waals surface area contributed by atoms with Crippen LogP contribution < -0.4 is 0 Å². The van der Waals surface area contributed by atoms with Gasteiger partial charge in [0.2, 0.25) is 0 Å². The molecule has 0 atom stereocenters. The average Bonchev–Trinajstić information content (AvgIpc) is 3.16. The van der Waals surface area contributed by atoms with Crippen molar-refractivity contribution in [2.75, 3.05) is 0 Å². The fourth-order valence-electron chi connectivity index (χ4n) is 4.04. The fourth-order valence-corrected chi connectivity index (χ4v) is 5.01. The SMILES string of the molecule is CC(C)(C)c1cc(-c2cc(-c3csc4ccccc34)ccn2)cc2ccccc12. The van der Waals surface area contributed by atoms with E-state index < -0.39 is 0 Å². The van der Waals surface area contributed by atoms with Gasteiger partial charge in [-0.05, 0) is 63.0 Å². The van der Waals surface area contributed by atoms with Crippen LogP contribution in [0, 0.1) is 0 Å². The van der Waals surface area contributed by atoms with Crippen molar-refractivity contribution in [3.63, 3.8) is 0 Å². The number of nitrogens with zero attached hydrogens (tertiary/aromatic N) is 1. The number of rotatable bonds is 2. The van der Waals surface area contributed by atoms with Crippen molar-refractivity contribution in [3.05, 3.63) is 89.9 Å². The average molecular weight is 394 g/mol. The predicted molar refractivity (Wildman–Crippen MR) is 127 cm³/mol. The molecule has 0 bridgehead atoms. The minimum atomic E-state index is 0.0663. The largest absolute Gasteiger partial charge is 0.256 e. The molecule has 0 amide bonds. The Morgan fingerprint density at radius 1 is 0.759 bits per heavy atom. The second-order valence-corrected chi connectivity index (χ2v) is 9.48. The Bertz CT molecular complexity index is 1340. The maximum Gasteiger partial charge on any atom is 0.0708 e. The Morgan fingerprint density at radius 2 is 1.52 bits per heavy atom. The molecule has 29 heavy (non-hydrogen) atoms. The molecular formula is C27H23NS. The van der Waals surface area contributed by atoms with Gasteiger partial charge in [-0.1, -0.05) is 63.2 Å². The number of hydrogen-bond acceptors (Lipinski definition) is 2. The maximum atomic E-state index is 4.73. The van der Waals surface area contributed by atoms with Crippen LogP contribution in [0.2, 0.25) is 0 Å². The molecule has 5 aromatic rings. The van der Waals surface area contributed by atoms with Gasteiger partial charge in [-0.3, -0.25) is 4.98 Å². The van der Waals surface area contributed by atoms with Crippen LogP contribution in [0.1, 0.15) is 26.3 Å². The maximum absolute atomic E-state index is 4.73. The summed E-state index contributed by atoms with van der Waals surface area (Å²) >= 11 is 1.80. The van der Waals surface area contributed by atoms with Gasteiger partial charge in [-0.2, -0.15) is 0 Å². The van der Waals surface area contributed by atoms with Crippen molar-refractivity contribution in [2.24, 2.45) is 0 Å². The van der Waals surface area contributed by atoms with Crippen molar-refractivity contribution in [1.29, 1.82) is 0 Å². The first-order chi connectivity index (χ1) is 14.0. The van der Waals surface area contributed by atoms with Crippen LogP contribution >= 0.6 is 11.3 Å². The number of aromatic nitrogens is 1. The molecule has 2 heterocycles.